The van der Waals surface area contributed by atoms with Gasteiger partial charge < -0.3 is 15.0 Å². The Bertz CT molecular complexity index is 1630. The van der Waals surface area contributed by atoms with Gasteiger partial charge in [0.05, 0.1) is 17.2 Å². The molecule has 0 heterocycles. The van der Waals surface area contributed by atoms with Crippen LogP contribution < -0.4 is 14.4 Å². The first-order chi connectivity index (χ1) is 21.2. The minimum Gasteiger partial charge on any atom is -0.492 e. The Morgan fingerprint density at radius 1 is 0.795 bits per heavy atom. The molecule has 9 heteroatoms. The highest BCUT2D eigenvalue weighted by atomic mass is 32.2. The average Bonchev–Trinajstić information content (AvgIpc) is 3.03. The Hall–Kier alpha value is -4.63. The lowest BCUT2D eigenvalue weighted by Crippen LogP contribution is -2.53. The number of ether oxygens (including phenoxy) is 1. The van der Waals surface area contributed by atoms with Crippen LogP contribution in [-0.4, -0.2) is 50.9 Å². The highest BCUT2D eigenvalue weighted by Crippen LogP contribution is 2.33. The van der Waals surface area contributed by atoms with Crippen molar-refractivity contribution in [3.05, 3.63) is 126 Å². The summed E-state index contributed by atoms with van der Waals surface area (Å²) in [5, 5.41) is 2.87. The maximum Gasteiger partial charge on any atom is 0.264 e. The number of nitrogens with one attached hydrogen (secondary N) is 1. The zero-order valence-corrected chi connectivity index (χ0v) is 26.2. The second-order valence-electron chi connectivity index (χ2n) is 10.3. The number of nitrogens with zero attached hydrogens (tertiary/aromatic N) is 2. The zero-order chi connectivity index (χ0) is 31.5. The molecule has 8 nitrogen and oxygen atoms in total. The number of sulfonamides is 1. The van der Waals surface area contributed by atoms with Crippen LogP contribution in [0.25, 0.3) is 0 Å². The van der Waals surface area contributed by atoms with Crippen molar-refractivity contribution in [2.75, 3.05) is 24.0 Å². The van der Waals surface area contributed by atoms with Gasteiger partial charge in [0.25, 0.3) is 10.0 Å². The van der Waals surface area contributed by atoms with E-state index < -0.39 is 28.5 Å². The summed E-state index contributed by atoms with van der Waals surface area (Å²) in [6.07, 6.45) is 0.255. The van der Waals surface area contributed by atoms with Crippen LogP contribution in [0, 0.1) is 6.92 Å². The molecule has 4 rings (SSSR count). The Morgan fingerprint density at radius 2 is 1.39 bits per heavy atom. The van der Waals surface area contributed by atoms with E-state index in [9.17, 15) is 18.0 Å². The number of anilines is 1. The maximum atomic E-state index is 14.5. The van der Waals surface area contributed by atoms with Crippen LogP contribution in [0.4, 0.5) is 5.69 Å². The average molecular weight is 614 g/mol. The van der Waals surface area contributed by atoms with E-state index in [0.717, 1.165) is 21.0 Å². The summed E-state index contributed by atoms with van der Waals surface area (Å²) in [4.78, 5) is 29.6. The predicted molar refractivity (Wildman–Crippen MR) is 173 cm³/mol. The number of aryl methyl sites for hydroxylation is 1. The van der Waals surface area contributed by atoms with E-state index in [4.69, 9.17) is 4.74 Å². The molecule has 0 saturated carbocycles. The van der Waals surface area contributed by atoms with E-state index in [2.05, 4.69) is 5.32 Å². The van der Waals surface area contributed by atoms with Crippen LogP contribution in [0.5, 0.6) is 5.75 Å². The van der Waals surface area contributed by atoms with Gasteiger partial charge in [0.15, 0.2) is 0 Å². The monoisotopic (exact) mass is 613 g/mol. The first-order valence-corrected chi connectivity index (χ1v) is 16.1. The van der Waals surface area contributed by atoms with Crippen molar-refractivity contribution in [3.8, 4) is 5.75 Å². The minimum absolute atomic E-state index is 0.0429. The first-order valence-electron chi connectivity index (χ1n) is 14.7. The van der Waals surface area contributed by atoms with Crippen LogP contribution in [0.3, 0.4) is 0 Å². The fourth-order valence-electron chi connectivity index (χ4n) is 4.92. The van der Waals surface area contributed by atoms with Gasteiger partial charge in [-0.05, 0) is 56.2 Å². The van der Waals surface area contributed by atoms with Gasteiger partial charge in [-0.2, -0.15) is 0 Å². The molecule has 0 aliphatic rings. The van der Waals surface area contributed by atoms with Crippen LogP contribution in [0.1, 0.15) is 30.5 Å². The van der Waals surface area contributed by atoms with Crippen LogP contribution in [-0.2, 0) is 32.6 Å². The molecule has 2 amide bonds. The molecule has 4 aromatic carbocycles. The third-order valence-corrected chi connectivity index (χ3v) is 8.91. The van der Waals surface area contributed by atoms with Gasteiger partial charge >= 0.3 is 0 Å². The van der Waals surface area contributed by atoms with Gasteiger partial charge in [0.2, 0.25) is 11.8 Å². The van der Waals surface area contributed by atoms with Crippen molar-refractivity contribution in [3.63, 3.8) is 0 Å². The van der Waals surface area contributed by atoms with Crippen molar-refractivity contribution in [2.45, 2.75) is 44.7 Å². The molecule has 0 aliphatic heterocycles. The second-order valence-corrected chi connectivity index (χ2v) is 12.2. The fourth-order valence-corrected chi connectivity index (χ4v) is 6.34. The van der Waals surface area contributed by atoms with E-state index in [-0.39, 0.29) is 29.5 Å². The topological polar surface area (TPSA) is 96.0 Å². The number of hydrogen-bond acceptors (Lipinski definition) is 5. The molecule has 0 aliphatic carbocycles. The van der Waals surface area contributed by atoms with Crippen molar-refractivity contribution in [1.82, 2.24) is 10.2 Å². The number of hydrogen-bond donors (Lipinski definition) is 1. The molecule has 44 heavy (non-hydrogen) atoms. The molecule has 0 aromatic heterocycles. The Morgan fingerprint density at radius 3 is 2.00 bits per heavy atom. The summed E-state index contributed by atoms with van der Waals surface area (Å²) >= 11 is 0. The van der Waals surface area contributed by atoms with Gasteiger partial charge in [-0.25, -0.2) is 8.42 Å². The first kappa shape index (κ1) is 32.3. The van der Waals surface area contributed by atoms with E-state index in [1.165, 1.54) is 17.0 Å². The molecule has 0 unspecified atom stereocenters. The molecule has 0 saturated heterocycles. The largest absolute Gasteiger partial charge is 0.492 e. The molecular weight excluding hydrogens is 574 g/mol. The summed E-state index contributed by atoms with van der Waals surface area (Å²) in [6, 6.07) is 31.2. The van der Waals surface area contributed by atoms with E-state index in [0.29, 0.717) is 18.9 Å². The van der Waals surface area contributed by atoms with Crippen molar-refractivity contribution in [2.24, 2.45) is 0 Å². The number of carbonyl (C=O) groups is 2. The fraction of sp³-hybridized carbons (Fsp3) is 0.257. The second kappa shape index (κ2) is 15.2. The Labute approximate surface area is 260 Å². The van der Waals surface area contributed by atoms with Gasteiger partial charge in [0.1, 0.15) is 18.3 Å². The summed E-state index contributed by atoms with van der Waals surface area (Å²) in [6.45, 7) is 5.76. The molecular formula is C35H39N3O5S. The van der Waals surface area contributed by atoms with Crippen molar-refractivity contribution < 1.29 is 22.7 Å². The van der Waals surface area contributed by atoms with Crippen molar-refractivity contribution in [1.29, 1.82) is 0 Å². The lowest BCUT2D eigenvalue weighted by Gasteiger charge is -2.34. The summed E-state index contributed by atoms with van der Waals surface area (Å²) < 4.78 is 35.4. The SMILES string of the molecule is CCNC(=O)[C@H](Cc1ccccc1)N(Cc1ccccc1)C(=O)CN(c1ccccc1OCC)S(=O)(=O)c1ccc(C)cc1. The third-order valence-electron chi connectivity index (χ3n) is 7.14. The number of para-hydroxylation sites is 2. The number of rotatable bonds is 14. The zero-order valence-electron chi connectivity index (χ0n) is 25.3. The summed E-state index contributed by atoms with van der Waals surface area (Å²) in [7, 11) is -4.22. The molecule has 0 spiro atoms. The number of benzene rings is 4. The van der Waals surface area contributed by atoms with E-state index in [1.807, 2.05) is 81.4 Å². The molecule has 230 valence electrons. The molecule has 0 radical (unpaired) electrons. The highest BCUT2D eigenvalue weighted by molar-refractivity contribution is 7.92. The van der Waals surface area contributed by atoms with Crippen LogP contribution in [0.2, 0.25) is 0 Å². The van der Waals surface area contributed by atoms with Gasteiger partial charge in [-0.3, -0.25) is 13.9 Å². The molecule has 0 fully saturated rings. The van der Waals surface area contributed by atoms with Crippen molar-refractivity contribution >= 4 is 27.5 Å². The van der Waals surface area contributed by atoms with Gasteiger partial charge in [-0.15, -0.1) is 0 Å². The summed E-state index contributed by atoms with van der Waals surface area (Å²) in [5.74, 6) is -0.510. The Kier molecular flexibility index (Phi) is 11.2. The van der Waals surface area contributed by atoms with E-state index in [1.54, 1.807) is 36.4 Å². The number of carbonyl (C=O) groups excluding carboxylic acids is 2. The maximum absolute atomic E-state index is 14.5. The van der Waals surface area contributed by atoms with Gasteiger partial charge in [0, 0.05) is 19.5 Å². The van der Waals surface area contributed by atoms with Crippen LogP contribution in [0.15, 0.2) is 114 Å². The number of likely N-dealkylation sites (N-methyl/N-ethyl adjacent to an activating group) is 1. The normalized spacial score (nSPS) is 11.8. The summed E-state index contributed by atoms with van der Waals surface area (Å²) in [5.41, 5.74) is 2.83. The molecule has 1 atom stereocenters. The highest BCUT2D eigenvalue weighted by Gasteiger charge is 2.35. The quantitative estimate of drug-likeness (QED) is 0.207. The molecule has 4 aromatic rings. The standard InChI is InChI=1S/C35H39N3O5S/c1-4-36-35(40)32(24-28-14-8-6-9-15-28)37(25-29-16-10-7-11-17-29)34(39)26-38(31-18-12-13-19-33(31)43-5-2)44(41,42)30-22-20-27(3)21-23-30/h6-23,32H,4-5,24-26H2,1-3H3,(H,36,40)/t32-/m0/s1. The predicted octanol–water partition coefficient (Wildman–Crippen LogP) is 5.37. The van der Waals surface area contributed by atoms with Crippen LogP contribution >= 0.6 is 0 Å². The minimum atomic E-state index is -4.22. The molecule has 1 N–H and O–H groups in total. The number of amides is 2. The van der Waals surface area contributed by atoms with E-state index >= 15 is 0 Å². The Balaban J connectivity index is 1.82. The smallest absolute Gasteiger partial charge is 0.264 e. The van der Waals surface area contributed by atoms with Gasteiger partial charge in [-0.1, -0.05) is 90.5 Å². The molecule has 0 bridgehead atoms. The lowest BCUT2D eigenvalue weighted by molar-refractivity contribution is -0.140. The lowest BCUT2D eigenvalue weighted by atomic mass is 10.0. The third kappa shape index (κ3) is 8.05.